The van der Waals surface area contributed by atoms with Gasteiger partial charge in [0, 0.05) is 4.47 Å². The molecular formula is C26H17Br. The Labute approximate surface area is 178 Å². The fraction of sp³-hybridized carbons (Fsp3) is 0. The molecule has 0 unspecified atom stereocenters. The smallest absolute Gasteiger partial charge is 0.0622 e. The first-order valence-electron chi connectivity index (χ1n) is 12.4. The van der Waals surface area contributed by atoms with Gasteiger partial charge in [0.1, 0.15) is 0 Å². The standard InChI is InChI=1S/C26H17Br/c27-26-23-16-8-6-14-21(23)25(22-15-7-9-17-24(22)26)20-13-5-4-12-19(20)18-10-2-1-3-11-18/h1-17H/i6D,7D,8D,9D,14D,15D,16D,17D. The number of fused-ring (bicyclic) bond motifs is 2. The van der Waals surface area contributed by atoms with Crippen LogP contribution in [0, 0.1) is 0 Å². The van der Waals surface area contributed by atoms with Crippen LogP contribution in [0.3, 0.4) is 0 Å². The lowest BCUT2D eigenvalue weighted by Gasteiger charge is -2.17. The summed E-state index contributed by atoms with van der Waals surface area (Å²) in [5.74, 6) is 0. The highest BCUT2D eigenvalue weighted by molar-refractivity contribution is 9.10. The number of halogens is 1. The Morgan fingerprint density at radius 3 is 1.63 bits per heavy atom. The van der Waals surface area contributed by atoms with Gasteiger partial charge in [-0.2, -0.15) is 0 Å². The van der Waals surface area contributed by atoms with Crippen LogP contribution in [0.15, 0.2) is 107 Å². The van der Waals surface area contributed by atoms with Crippen LogP contribution in [0.4, 0.5) is 0 Å². The van der Waals surface area contributed by atoms with E-state index in [4.69, 9.17) is 11.0 Å². The molecule has 0 heterocycles. The van der Waals surface area contributed by atoms with Gasteiger partial charge >= 0.3 is 0 Å². The third-order valence-electron chi connectivity index (χ3n) is 4.60. The lowest BCUT2D eigenvalue weighted by molar-refractivity contribution is 1.61. The molecule has 0 aliphatic carbocycles. The summed E-state index contributed by atoms with van der Waals surface area (Å²) in [6.45, 7) is 0. The Morgan fingerprint density at radius 2 is 1.04 bits per heavy atom. The van der Waals surface area contributed by atoms with E-state index in [1.807, 2.05) is 48.5 Å². The number of benzene rings is 5. The summed E-state index contributed by atoms with van der Waals surface area (Å²) in [5.41, 5.74) is 2.60. The van der Waals surface area contributed by atoms with Crippen molar-refractivity contribution in [3.8, 4) is 22.3 Å². The summed E-state index contributed by atoms with van der Waals surface area (Å²) >= 11 is 3.44. The van der Waals surface area contributed by atoms with Crippen LogP contribution >= 0.6 is 15.9 Å². The third-order valence-corrected chi connectivity index (χ3v) is 5.39. The van der Waals surface area contributed by atoms with Crippen molar-refractivity contribution in [1.29, 1.82) is 0 Å². The van der Waals surface area contributed by atoms with Crippen molar-refractivity contribution in [2.75, 3.05) is 0 Å². The summed E-state index contributed by atoms with van der Waals surface area (Å²) < 4.78 is 68.1. The second kappa shape index (κ2) is 6.68. The molecule has 27 heavy (non-hydrogen) atoms. The average Bonchev–Trinajstić information content (AvgIpc) is 2.88. The monoisotopic (exact) mass is 416 g/mol. The van der Waals surface area contributed by atoms with Crippen LogP contribution in [0.1, 0.15) is 11.0 Å². The summed E-state index contributed by atoms with van der Waals surface area (Å²) in [7, 11) is 0. The summed E-state index contributed by atoms with van der Waals surface area (Å²) in [6, 6.07) is 14.2. The molecule has 0 atom stereocenters. The van der Waals surface area contributed by atoms with Crippen LogP contribution in [-0.2, 0) is 0 Å². The van der Waals surface area contributed by atoms with Gasteiger partial charge in [0.05, 0.1) is 11.0 Å². The van der Waals surface area contributed by atoms with Crippen LogP contribution < -0.4 is 0 Å². The van der Waals surface area contributed by atoms with Crippen molar-refractivity contribution in [2.45, 2.75) is 0 Å². The molecule has 0 aromatic heterocycles. The van der Waals surface area contributed by atoms with E-state index in [2.05, 4.69) is 15.9 Å². The molecule has 0 bridgehead atoms. The van der Waals surface area contributed by atoms with Gasteiger partial charge < -0.3 is 0 Å². The minimum atomic E-state index is -0.411. The molecule has 0 spiro atoms. The summed E-state index contributed by atoms with van der Waals surface area (Å²) in [6.07, 6.45) is 0. The fourth-order valence-electron chi connectivity index (χ4n) is 3.42. The van der Waals surface area contributed by atoms with E-state index in [-0.39, 0.29) is 50.2 Å². The maximum atomic E-state index is 8.78. The van der Waals surface area contributed by atoms with Gasteiger partial charge in [0.2, 0.25) is 0 Å². The molecule has 0 saturated heterocycles. The van der Waals surface area contributed by atoms with Crippen molar-refractivity contribution in [2.24, 2.45) is 0 Å². The quantitative estimate of drug-likeness (QED) is 0.255. The number of hydrogen-bond donors (Lipinski definition) is 0. The van der Waals surface area contributed by atoms with Crippen molar-refractivity contribution in [1.82, 2.24) is 0 Å². The van der Waals surface area contributed by atoms with Crippen LogP contribution in [-0.4, -0.2) is 0 Å². The number of hydrogen-bond acceptors (Lipinski definition) is 0. The molecule has 0 nitrogen and oxygen atoms in total. The molecule has 5 aromatic carbocycles. The SMILES string of the molecule is [2H]c1c([2H])c([2H])c2c(-c3ccccc3-c3ccccc3)c3c([2H])c([2H])c([2H])c([2H])c3c(Br)c2c1[2H]. The highest BCUT2D eigenvalue weighted by Gasteiger charge is 2.16. The Bertz CT molecular complexity index is 1600. The largest absolute Gasteiger partial charge is 0.0630 e. The van der Waals surface area contributed by atoms with Crippen LogP contribution in [0.5, 0.6) is 0 Å². The summed E-state index contributed by atoms with van der Waals surface area (Å²) in [4.78, 5) is 0. The van der Waals surface area contributed by atoms with Crippen LogP contribution in [0.25, 0.3) is 43.8 Å². The lowest BCUT2D eigenvalue weighted by atomic mass is 9.88. The van der Waals surface area contributed by atoms with E-state index >= 15 is 0 Å². The fourth-order valence-corrected chi connectivity index (χ4v) is 4.01. The molecule has 0 N–H and O–H groups in total. The zero-order valence-corrected chi connectivity index (χ0v) is 15.7. The van der Waals surface area contributed by atoms with Crippen molar-refractivity contribution in [3.63, 3.8) is 0 Å². The van der Waals surface area contributed by atoms with Crippen LogP contribution in [0.2, 0.25) is 0 Å². The molecule has 128 valence electrons. The van der Waals surface area contributed by atoms with Crippen molar-refractivity contribution < 1.29 is 11.0 Å². The molecule has 5 aromatic rings. The predicted octanol–water partition coefficient (Wildman–Crippen LogP) is 8.09. The van der Waals surface area contributed by atoms with E-state index in [9.17, 15) is 0 Å². The Hall–Kier alpha value is -2.90. The van der Waals surface area contributed by atoms with Gasteiger partial charge in [-0.15, -0.1) is 0 Å². The molecule has 0 saturated carbocycles. The Balaban J connectivity index is 2.16. The second-order valence-electron chi connectivity index (χ2n) is 6.10. The van der Waals surface area contributed by atoms with Gasteiger partial charge in [-0.25, -0.2) is 0 Å². The maximum absolute atomic E-state index is 8.78. The van der Waals surface area contributed by atoms with Gasteiger partial charge in [-0.1, -0.05) is 103 Å². The zero-order valence-electron chi connectivity index (χ0n) is 22.1. The normalized spacial score (nSPS) is 15.3. The molecule has 5 rings (SSSR count). The first-order valence-corrected chi connectivity index (χ1v) is 9.22. The van der Waals surface area contributed by atoms with Gasteiger partial charge in [-0.3, -0.25) is 0 Å². The minimum Gasteiger partial charge on any atom is -0.0622 e. The molecule has 0 aliphatic rings. The van der Waals surface area contributed by atoms with Gasteiger partial charge in [0.25, 0.3) is 0 Å². The van der Waals surface area contributed by atoms with Crippen molar-refractivity contribution >= 4 is 37.5 Å². The average molecular weight is 417 g/mol. The number of rotatable bonds is 2. The first kappa shape index (κ1) is 9.87. The molecular weight excluding hydrogens is 392 g/mol. The lowest BCUT2D eigenvalue weighted by Crippen LogP contribution is -1.90. The maximum Gasteiger partial charge on any atom is 0.0630 e. The van der Waals surface area contributed by atoms with E-state index in [1.165, 1.54) is 0 Å². The van der Waals surface area contributed by atoms with Gasteiger partial charge in [-0.05, 0) is 59.7 Å². The highest BCUT2D eigenvalue weighted by Crippen LogP contribution is 2.44. The molecule has 0 fully saturated rings. The summed E-state index contributed by atoms with van der Waals surface area (Å²) in [5, 5.41) is 0.741. The molecule has 0 amide bonds. The van der Waals surface area contributed by atoms with E-state index in [1.54, 1.807) is 6.07 Å². The topological polar surface area (TPSA) is 0 Å². The van der Waals surface area contributed by atoms with Gasteiger partial charge in [0.15, 0.2) is 0 Å². The Morgan fingerprint density at radius 1 is 0.556 bits per heavy atom. The van der Waals surface area contributed by atoms with Crippen molar-refractivity contribution in [3.05, 3.63) is 107 Å². The minimum absolute atomic E-state index is 0.173. The molecule has 0 radical (unpaired) electrons. The Kier molecular flexibility index (Phi) is 2.44. The second-order valence-corrected chi connectivity index (χ2v) is 6.89. The first-order chi connectivity index (χ1) is 16.7. The van der Waals surface area contributed by atoms with E-state index < -0.39 is 24.2 Å². The third kappa shape index (κ3) is 2.67. The molecule has 1 heteroatoms. The molecule has 0 aliphatic heterocycles. The van der Waals surface area contributed by atoms with E-state index in [0.29, 0.717) is 11.1 Å². The predicted molar refractivity (Wildman–Crippen MR) is 120 cm³/mol. The highest BCUT2D eigenvalue weighted by atomic mass is 79.9. The zero-order chi connectivity index (χ0) is 25.2. The van der Waals surface area contributed by atoms with E-state index in [0.717, 1.165) is 11.1 Å².